The van der Waals surface area contributed by atoms with Gasteiger partial charge in [0.2, 0.25) is 11.0 Å². The van der Waals surface area contributed by atoms with Gasteiger partial charge in [-0.25, -0.2) is 14.4 Å². The number of halogens is 1. The molecule has 0 fully saturated rings. The van der Waals surface area contributed by atoms with Crippen molar-refractivity contribution in [2.45, 2.75) is 24.3 Å². The molecule has 3 rings (SSSR count). The molecule has 0 spiro atoms. The molecule has 0 saturated carbocycles. The first-order chi connectivity index (χ1) is 10.2. The second-order valence-corrected chi connectivity index (χ2v) is 5.30. The van der Waals surface area contributed by atoms with Crippen LogP contribution in [0, 0.1) is 5.82 Å². The summed E-state index contributed by atoms with van der Waals surface area (Å²) in [6.07, 6.45) is 2.42. The Morgan fingerprint density at radius 3 is 2.76 bits per heavy atom. The number of aryl methyl sites for hydroxylation is 1. The van der Waals surface area contributed by atoms with Crippen molar-refractivity contribution < 1.29 is 8.81 Å². The Morgan fingerprint density at radius 1 is 1.24 bits per heavy atom. The number of thioether (sulfide) groups is 1. The monoisotopic (exact) mass is 304 g/mol. The Kier molecular flexibility index (Phi) is 4.01. The summed E-state index contributed by atoms with van der Waals surface area (Å²) in [5, 5.41) is 7.66. The van der Waals surface area contributed by atoms with E-state index in [9.17, 15) is 4.39 Å². The summed E-state index contributed by atoms with van der Waals surface area (Å²) in [6.45, 7) is 2.02. The zero-order valence-corrected chi connectivity index (χ0v) is 12.2. The molecule has 1 aromatic carbocycles. The summed E-state index contributed by atoms with van der Waals surface area (Å²) < 4.78 is 18.3. The molecule has 0 aliphatic carbocycles. The summed E-state index contributed by atoms with van der Waals surface area (Å²) in [7, 11) is 0. The number of H-pyrrole nitrogens is 1. The van der Waals surface area contributed by atoms with Gasteiger partial charge in [0.05, 0.1) is 5.69 Å². The van der Waals surface area contributed by atoms with Crippen LogP contribution >= 0.6 is 11.8 Å². The molecule has 108 valence electrons. The molecule has 2 heterocycles. The molecule has 0 radical (unpaired) electrons. The molecule has 0 aliphatic heterocycles. The van der Waals surface area contributed by atoms with Crippen LogP contribution in [-0.4, -0.2) is 20.2 Å². The molecule has 5 nitrogen and oxygen atoms in total. The van der Waals surface area contributed by atoms with E-state index in [1.54, 1.807) is 18.4 Å². The van der Waals surface area contributed by atoms with Gasteiger partial charge >= 0.3 is 0 Å². The SMILES string of the molecule is CCc1nc(SCc2coc(-c3ccc(F)cc3)n2)n[nH]1. The van der Waals surface area contributed by atoms with E-state index in [0.29, 0.717) is 16.8 Å². The van der Waals surface area contributed by atoms with Gasteiger partial charge in [-0.15, -0.1) is 5.10 Å². The maximum atomic E-state index is 12.9. The number of aromatic nitrogens is 4. The molecular formula is C14H13FN4OS. The van der Waals surface area contributed by atoms with E-state index < -0.39 is 0 Å². The predicted octanol–water partition coefficient (Wildman–Crippen LogP) is 3.45. The summed E-state index contributed by atoms with van der Waals surface area (Å²) in [5.41, 5.74) is 1.54. The molecule has 2 aromatic heterocycles. The Bertz CT molecular complexity index is 723. The lowest BCUT2D eigenvalue weighted by Crippen LogP contribution is -1.84. The van der Waals surface area contributed by atoms with E-state index >= 15 is 0 Å². The van der Waals surface area contributed by atoms with E-state index in [0.717, 1.165) is 23.5 Å². The molecule has 0 amide bonds. The average Bonchev–Trinajstić information content (AvgIpc) is 3.15. The third kappa shape index (κ3) is 3.30. The third-order valence-corrected chi connectivity index (χ3v) is 3.72. The molecule has 0 aliphatic rings. The van der Waals surface area contributed by atoms with Crippen LogP contribution in [0.25, 0.3) is 11.5 Å². The molecular weight excluding hydrogens is 291 g/mol. The molecule has 0 atom stereocenters. The Labute approximate surface area is 125 Å². The van der Waals surface area contributed by atoms with Crippen molar-refractivity contribution in [2.75, 3.05) is 0 Å². The topological polar surface area (TPSA) is 67.6 Å². The smallest absolute Gasteiger partial charge is 0.226 e. The minimum Gasteiger partial charge on any atom is -0.444 e. The third-order valence-electron chi connectivity index (χ3n) is 2.84. The summed E-state index contributed by atoms with van der Waals surface area (Å²) in [4.78, 5) is 8.69. The van der Waals surface area contributed by atoms with E-state index in [-0.39, 0.29) is 5.82 Å². The first-order valence-electron chi connectivity index (χ1n) is 6.49. The van der Waals surface area contributed by atoms with Gasteiger partial charge in [0.15, 0.2) is 0 Å². The summed E-state index contributed by atoms with van der Waals surface area (Å²) in [5.74, 6) is 1.68. The maximum Gasteiger partial charge on any atom is 0.226 e. The quantitative estimate of drug-likeness (QED) is 0.731. The van der Waals surface area contributed by atoms with Crippen LogP contribution in [0.1, 0.15) is 18.4 Å². The largest absolute Gasteiger partial charge is 0.444 e. The first-order valence-corrected chi connectivity index (χ1v) is 7.47. The van der Waals surface area contributed by atoms with Crippen molar-refractivity contribution in [3.05, 3.63) is 47.9 Å². The van der Waals surface area contributed by atoms with Gasteiger partial charge in [-0.3, -0.25) is 5.10 Å². The molecule has 21 heavy (non-hydrogen) atoms. The van der Waals surface area contributed by atoms with Gasteiger partial charge < -0.3 is 4.42 Å². The zero-order valence-electron chi connectivity index (χ0n) is 11.3. The minimum atomic E-state index is -0.280. The normalized spacial score (nSPS) is 11.0. The Balaban J connectivity index is 1.66. The van der Waals surface area contributed by atoms with Crippen LogP contribution in [0.15, 0.2) is 40.1 Å². The van der Waals surface area contributed by atoms with E-state index in [1.807, 2.05) is 6.92 Å². The molecule has 0 unspecified atom stereocenters. The number of hydrogen-bond donors (Lipinski definition) is 1. The second kappa shape index (κ2) is 6.09. The van der Waals surface area contributed by atoms with Gasteiger partial charge in [-0.05, 0) is 24.3 Å². The number of nitrogens with one attached hydrogen (secondary N) is 1. The van der Waals surface area contributed by atoms with Crippen molar-refractivity contribution in [2.24, 2.45) is 0 Å². The van der Waals surface area contributed by atoms with Gasteiger partial charge in [0.25, 0.3) is 0 Å². The molecule has 0 bridgehead atoms. The van der Waals surface area contributed by atoms with Crippen LogP contribution in [0.5, 0.6) is 0 Å². The molecule has 3 aromatic rings. The van der Waals surface area contributed by atoms with Crippen molar-refractivity contribution in [1.29, 1.82) is 0 Å². The van der Waals surface area contributed by atoms with Crippen LogP contribution < -0.4 is 0 Å². The lowest BCUT2D eigenvalue weighted by Gasteiger charge is -1.94. The number of aromatic amines is 1. The van der Waals surface area contributed by atoms with Crippen LogP contribution in [-0.2, 0) is 12.2 Å². The highest BCUT2D eigenvalue weighted by Gasteiger charge is 2.09. The lowest BCUT2D eigenvalue weighted by molar-refractivity contribution is 0.573. The highest BCUT2D eigenvalue weighted by atomic mass is 32.2. The highest BCUT2D eigenvalue weighted by molar-refractivity contribution is 7.98. The zero-order chi connectivity index (χ0) is 14.7. The standard InChI is InChI=1S/C14H13FN4OS/c1-2-12-17-14(19-18-12)21-8-11-7-20-13(16-11)9-3-5-10(15)6-4-9/h3-7H,2,8H2,1H3,(H,17,18,19). The number of benzene rings is 1. The average molecular weight is 304 g/mol. The molecule has 1 N–H and O–H groups in total. The Hall–Kier alpha value is -2.15. The van der Waals surface area contributed by atoms with Crippen LogP contribution in [0.2, 0.25) is 0 Å². The van der Waals surface area contributed by atoms with Crippen molar-refractivity contribution >= 4 is 11.8 Å². The van der Waals surface area contributed by atoms with E-state index in [2.05, 4.69) is 20.2 Å². The van der Waals surface area contributed by atoms with Gasteiger partial charge in [-0.2, -0.15) is 0 Å². The number of rotatable bonds is 5. The van der Waals surface area contributed by atoms with Crippen molar-refractivity contribution in [1.82, 2.24) is 20.2 Å². The van der Waals surface area contributed by atoms with Gasteiger partial charge in [-0.1, -0.05) is 18.7 Å². The fourth-order valence-corrected chi connectivity index (χ4v) is 2.43. The van der Waals surface area contributed by atoms with Gasteiger partial charge in [0, 0.05) is 17.7 Å². The van der Waals surface area contributed by atoms with Gasteiger partial charge in [0.1, 0.15) is 17.9 Å². The fraction of sp³-hybridized carbons (Fsp3) is 0.214. The van der Waals surface area contributed by atoms with Crippen molar-refractivity contribution in [3.8, 4) is 11.5 Å². The van der Waals surface area contributed by atoms with E-state index in [4.69, 9.17) is 4.42 Å². The summed E-state index contributed by atoms with van der Waals surface area (Å²) >= 11 is 1.48. The lowest BCUT2D eigenvalue weighted by atomic mass is 10.2. The molecule has 0 saturated heterocycles. The number of nitrogens with zero attached hydrogens (tertiary/aromatic N) is 3. The maximum absolute atomic E-state index is 12.9. The van der Waals surface area contributed by atoms with E-state index in [1.165, 1.54) is 23.9 Å². The first kappa shape index (κ1) is 13.8. The Morgan fingerprint density at radius 2 is 2.05 bits per heavy atom. The predicted molar refractivity (Wildman–Crippen MR) is 77.2 cm³/mol. The second-order valence-electron chi connectivity index (χ2n) is 4.36. The summed E-state index contributed by atoms with van der Waals surface area (Å²) in [6, 6.07) is 6.05. The minimum absolute atomic E-state index is 0.280. The number of hydrogen-bond acceptors (Lipinski definition) is 5. The van der Waals surface area contributed by atoms with Crippen LogP contribution in [0.3, 0.4) is 0 Å². The highest BCUT2D eigenvalue weighted by Crippen LogP contribution is 2.23. The van der Waals surface area contributed by atoms with Crippen LogP contribution in [0.4, 0.5) is 4.39 Å². The molecule has 7 heteroatoms. The fourth-order valence-electron chi connectivity index (χ4n) is 1.74. The number of oxazole rings is 1. The van der Waals surface area contributed by atoms with Crippen molar-refractivity contribution in [3.63, 3.8) is 0 Å².